The van der Waals surface area contributed by atoms with E-state index >= 15 is 0 Å². The van der Waals surface area contributed by atoms with Crippen LogP contribution in [0.15, 0.2) is 59.6 Å². The molecule has 206 valence electrons. The van der Waals surface area contributed by atoms with E-state index < -0.39 is 18.1 Å². The first-order chi connectivity index (χ1) is 19.0. The maximum absolute atomic E-state index is 13.5. The third-order valence-corrected chi connectivity index (χ3v) is 7.90. The van der Waals surface area contributed by atoms with Gasteiger partial charge in [-0.3, -0.25) is 19.4 Å². The summed E-state index contributed by atoms with van der Waals surface area (Å²) in [6, 6.07) is 15.5. The number of para-hydroxylation sites is 1. The highest BCUT2D eigenvalue weighted by atomic mass is 32.1. The predicted octanol–water partition coefficient (Wildman–Crippen LogP) is 2.06. The van der Waals surface area contributed by atoms with Crippen LogP contribution < -0.4 is 21.9 Å². The minimum Gasteiger partial charge on any atom is -0.344 e. The van der Waals surface area contributed by atoms with E-state index in [1.807, 2.05) is 54.6 Å². The Morgan fingerprint density at radius 2 is 1.92 bits per heavy atom. The number of thiazole rings is 1. The summed E-state index contributed by atoms with van der Waals surface area (Å²) in [5, 5.41) is 6.42. The van der Waals surface area contributed by atoms with Crippen LogP contribution in [0.1, 0.15) is 41.0 Å². The molecule has 2 amide bonds. The lowest BCUT2D eigenvalue weighted by molar-refractivity contribution is -0.140. The maximum atomic E-state index is 13.5. The fourth-order valence-electron chi connectivity index (χ4n) is 4.83. The molecule has 2 aromatic carbocycles. The van der Waals surface area contributed by atoms with Crippen LogP contribution >= 0.6 is 11.3 Å². The second-order valence-corrected chi connectivity index (χ2v) is 10.5. The first-order valence-electron chi connectivity index (χ1n) is 13.2. The van der Waals surface area contributed by atoms with Crippen LogP contribution in [0.3, 0.4) is 0 Å². The Kier molecular flexibility index (Phi) is 10.1. The second kappa shape index (κ2) is 13.9. The number of Topliss-reactive ketones (excluding diaryl/α,β-unsaturated/α-hetero) is 1. The number of likely N-dealkylation sites (tertiary alicyclic amines) is 1. The molecule has 1 aliphatic rings. The minimum atomic E-state index is -0.777. The molecule has 1 unspecified atom stereocenters. The molecule has 3 atom stereocenters. The van der Waals surface area contributed by atoms with E-state index in [1.54, 1.807) is 11.9 Å². The van der Waals surface area contributed by atoms with Crippen LogP contribution in [0.5, 0.6) is 0 Å². The maximum Gasteiger partial charge on any atom is 0.243 e. The van der Waals surface area contributed by atoms with E-state index in [0.29, 0.717) is 43.8 Å². The molecular formula is C28H35N7O3S. The molecule has 1 saturated heterocycles. The van der Waals surface area contributed by atoms with Crippen molar-refractivity contribution in [3.05, 3.63) is 65.2 Å². The average molecular weight is 550 g/mol. The highest BCUT2D eigenvalue weighted by Crippen LogP contribution is 2.24. The lowest BCUT2D eigenvalue weighted by Crippen LogP contribution is -2.54. The normalized spacial score (nSPS) is 16.9. The summed E-state index contributed by atoms with van der Waals surface area (Å²) < 4.78 is 0.911. The molecular weight excluding hydrogens is 514 g/mol. The van der Waals surface area contributed by atoms with Crippen molar-refractivity contribution in [1.29, 1.82) is 0 Å². The Hall–Kier alpha value is -3.67. The van der Waals surface area contributed by atoms with Gasteiger partial charge in [0.25, 0.3) is 0 Å². The number of ketones is 1. The molecule has 10 nitrogen and oxygen atoms in total. The Bertz CT molecular complexity index is 1260. The highest BCUT2D eigenvalue weighted by Gasteiger charge is 2.38. The van der Waals surface area contributed by atoms with Crippen molar-refractivity contribution in [1.82, 2.24) is 25.9 Å². The summed E-state index contributed by atoms with van der Waals surface area (Å²) in [4.78, 5) is 50.8. The quantitative estimate of drug-likeness (QED) is 0.0638. The van der Waals surface area contributed by atoms with E-state index in [1.165, 1.54) is 17.7 Å². The van der Waals surface area contributed by atoms with Crippen molar-refractivity contribution in [3.63, 3.8) is 0 Å². The Morgan fingerprint density at radius 1 is 1.15 bits per heavy atom. The smallest absolute Gasteiger partial charge is 0.243 e. The number of aliphatic imine (C=N–C) groups is 1. The summed E-state index contributed by atoms with van der Waals surface area (Å²) in [5.74, 6) is 4.56. The number of fused-ring (bicyclic) bond motifs is 1. The van der Waals surface area contributed by atoms with Gasteiger partial charge in [-0.25, -0.2) is 10.8 Å². The van der Waals surface area contributed by atoms with Crippen LogP contribution in [0.2, 0.25) is 0 Å². The lowest BCUT2D eigenvalue weighted by Gasteiger charge is -2.29. The highest BCUT2D eigenvalue weighted by molar-refractivity contribution is 7.20. The topological polar surface area (TPSA) is 142 Å². The molecule has 0 spiro atoms. The van der Waals surface area contributed by atoms with E-state index in [9.17, 15) is 14.4 Å². The van der Waals surface area contributed by atoms with Gasteiger partial charge < -0.3 is 21.0 Å². The molecule has 1 fully saturated rings. The number of nitrogens with zero attached hydrogens (tertiary/aromatic N) is 3. The number of carbonyl (C=O) groups excluding carboxylic acids is 3. The number of amides is 2. The molecule has 1 aliphatic heterocycles. The molecule has 3 aromatic rings. The van der Waals surface area contributed by atoms with Crippen molar-refractivity contribution >= 4 is 45.5 Å². The van der Waals surface area contributed by atoms with E-state index in [2.05, 4.69) is 26.0 Å². The van der Waals surface area contributed by atoms with Crippen molar-refractivity contribution in [2.75, 3.05) is 20.1 Å². The largest absolute Gasteiger partial charge is 0.344 e. The summed E-state index contributed by atoms with van der Waals surface area (Å²) in [5.41, 5.74) is 4.14. The second-order valence-electron chi connectivity index (χ2n) is 9.48. The molecule has 0 saturated carbocycles. The number of carbonyl (C=O) groups is 3. The van der Waals surface area contributed by atoms with Gasteiger partial charge in [-0.2, -0.15) is 0 Å². The number of nitrogens with two attached hydrogens (primary N) is 1. The summed E-state index contributed by atoms with van der Waals surface area (Å²) in [6.45, 7) is 0.947. The molecule has 11 heteroatoms. The van der Waals surface area contributed by atoms with E-state index in [4.69, 9.17) is 5.84 Å². The van der Waals surface area contributed by atoms with Crippen LogP contribution in [-0.2, 0) is 16.0 Å². The van der Waals surface area contributed by atoms with Gasteiger partial charge >= 0.3 is 0 Å². The summed E-state index contributed by atoms with van der Waals surface area (Å²) >= 11 is 1.31. The van der Waals surface area contributed by atoms with Gasteiger partial charge in [0.1, 0.15) is 6.04 Å². The van der Waals surface area contributed by atoms with Crippen molar-refractivity contribution in [2.24, 2.45) is 10.8 Å². The van der Waals surface area contributed by atoms with E-state index in [0.717, 1.165) is 22.2 Å². The zero-order valence-corrected chi connectivity index (χ0v) is 22.8. The molecule has 39 heavy (non-hydrogen) atoms. The lowest BCUT2D eigenvalue weighted by atomic mass is 10.0. The molecule has 2 heterocycles. The first kappa shape index (κ1) is 28.3. The molecule has 1 aromatic heterocycles. The van der Waals surface area contributed by atoms with Crippen LogP contribution in [0.25, 0.3) is 10.2 Å². The SMILES string of the molecule is CN[C@H](Cc1ccccc1)C(=O)N1CCC[C@H]1C(=O)NC(CCCN=CNN)C(=O)c1nc2ccccc2s1. The third kappa shape index (κ3) is 7.25. The number of nitrogens with one attached hydrogen (secondary N) is 3. The van der Waals surface area contributed by atoms with Crippen LogP contribution in [-0.4, -0.2) is 72.1 Å². The molecule has 4 rings (SSSR count). The van der Waals surface area contributed by atoms with Crippen molar-refractivity contribution < 1.29 is 14.4 Å². The van der Waals surface area contributed by atoms with Gasteiger partial charge in [0.2, 0.25) is 17.6 Å². The number of hydrazine groups is 1. The van der Waals surface area contributed by atoms with Gasteiger partial charge in [0.15, 0.2) is 5.01 Å². The fourth-order valence-corrected chi connectivity index (χ4v) is 5.79. The van der Waals surface area contributed by atoms with Gasteiger partial charge in [-0.05, 0) is 56.8 Å². The molecule has 0 bridgehead atoms. The van der Waals surface area contributed by atoms with Gasteiger partial charge in [-0.15, -0.1) is 11.3 Å². The zero-order valence-electron chi connectivity index (χ0n) is 22.0. The minimum absolute atomic E-state index is 0.114. The van der Waals surface area contributed by atoms with Crippen LogP contribution in [0.4, 0.5) is 0 Å². The predicted molar refractivity (Wildman–Crippen MR) is 154 cm³/mol. The standard InChI is InChI=1S/C28H35N7O3S/c1-30-22(17-19-9-3-2-4-10-19)28(38)35-16-8-13-23(35)26(37)33-21(12-7-15-31-18-32-29)25(36)27-34-20-11-5-6-14-24(20)39-27/h2-6,9-11,14,18,21-23,30H,7-8,12-13,15-17,29H2,1H3,(H,31,32)(H,33,37)/t21?,22-,23+/m1/s1. The zero-order chi connectivity index (χ0) is 27.6. The Balaban J connectivity index is 1.47. The number of aromatic nitrogens is 1. The average Bonchev–Trinajstić information content (AvgIpc) is 3.63. The first-order valence-corrected chi connectivity index (χ1v) is 14.0. The van der Waals surface area contributed by atoms with Gasteiger partial charge in [0.05, 0.1) is 28.6 Å². The van der Waals surface area contributed by atoms with Crippen molar-refractivity contribution in [3.8, 4) is 0 Å². The number of likely N-dealkylation sites (N-methyl/N-ethyl adjacent to an activating group) is 1. The number of hydrogen-bond donors (Lipinski definition) is 4. The monoisotopic (exact) mass is 549 g/mol. The number of benzene rings is 2. The molecule has 0 aliphatic carbocycles. The summed E-state index contributed by atoms with van der Waals surface area (Å²) in [6.07, 6.45) is 4.13. The number of hydrogen-bond acceptors (Lipinski definition) is 8. The van der Waals surface area contributed by atoms with Crippen LogP contribution in [0, 0.1) is 0 Å². The van der Waals surface area contributed by atoms with Gasteiger partial charge in [-0.1, -0.05) is 42.5 Å². The Labute approximate surface area is 232 Å². The third-order valence-electron chi connectivity index (χ3n) is 6.85. The summed E-state index contributed by atoms with van der Waals surface area (Å²) in [7, 11) is 1.76. The van der Waals surface area contributed by atoms with Gasteiger partial charge in [0, 0.05) is 13.1 Å². The molecule has 0 radical (unpaired) electrons. The fraction of sp³-hybridized carbons (Fsp3) is 0.393. The van der Waals surface area contributed by atoms with Crippen molar-refractivity contribution in [2.45, 2.75) is 50.2 Å². The molecule has 5 N–H and O–H groups in total. The Morgan fingerprint density at radius 3 is 2.67 bits per heavy atom. The van der Waals surface area contributed by atoms with E-state index in [-0.39, 0.29) is 17.6 Å². The number of rotatable bonds is 13.